The van der Waals surface area contributed by atoms with Crippen molar-refractivity contribution < 1.29 is 18.0 Å². The predicted octanol–water partition coefficient (Wildman–Crippen LogP) is 1.44. The van der Waals surface area contributed by atoms with Crippen LogP contribution >= 0.6 is 0 Å². The Morgan fingerprint density at radius 2 is 2.00 bits per heavy atom. The highest BCUT2D eigenvalue weighted by molar-refractivity contribution is 5.98. The molecular formula is C11H14F3N3O. The van der Waals surface area contributed by atoms with Crippen LogP contribution in [0.1, 0.15) is 15.9 Å². The van der Waals surface area contributed by atoms with Gasteiger partial charge in [-0.3, -0.25) is 4.79 Å². The zero-order valence-electron chi connectivity index (χ0n) is 9.77. The molecule has 4 nitrogen and oxygen atoms in total. The summed E-state index contributed by atoms with van der Waals surface area (Å²) in [6.45, 7) is 1.08. The van der Waals surface area contributed by atoms with E-state index < -0.39 is 17.6 Å². The van der Waals surface area contributed by atoms with Crippen LogP contribution in [0.4, 0.5) is 18.9 Å². The van der Waals surface area contributed by atoms with E-state index in [-0.39, 0.29) is 5.56 Å². The van der Waals surface area contributed by atoms with Gasteiger partial charge in [-0.1, -0.05) is 0 Å². The lowest BCUT2D eigenvalue weighted by Gasteiger charge is -2.13. The minimum absolute atomic E-state index is 0.166. The third-order valence-corrected chi connectivity index (χ3v) is 2.30. The lowest BCUT2D eigenvalue weighted by atomic mass is 10.1. The highest BCUT2D eigenvalue weighted by Gasteiger charge is 2.31. The molecule has 1 rings (SSSR count). The van der Waals surface area contributed by atoms with Crippen LogP contribution in [0.2, 0.25) is 0 Å². The first-order valence-electron chi connectivity index (χ1n) is 5.25. The van der Waals surface area contributed by atoms with Crippen LogP contribution < -0.4 is 16.4 Å². The van der Waals surface area contributed by atoms with E-state index in [1.54, 1.807) is 7.05 Å². The van der Waals surface area contributed by atoms with Crippen molar-refractivity contribution in [2.24, 2.45) is 5.73 Å². The number of anilines is 1. The summed E-state index contributed by atoms with van der Waals surface area (Å²) in [5.74, 6) is -0.895. The molecule has 0 fully saturated rings. The SMILES string of the molecule is CNCCNc1ccc(C(F)(F)F)cc1C(N)=O. The number of rotatable bonds is 5. The van der Waals surface area contributed by atoms with Crippen molar-refractivity contribution in [1.29, 1.82) is 0 Å². The fourth-order valence-corrected chi connectivity index (χ4v) is 1.40. The van der Waals surface area contributed by atoms with Gasteiger partial charge in [-0.05, 0) is 25.2 Å². The second kappa shape index (κ2) is 5.72. The summed E-state index contributed by atoms with van der Waals surface area (Å²) in [6, 6.07) is 2.87. The Bertz CT molecular complexity index is 432. The van der Waals surface area contributed by atoms with E-state index in [0.29, 0.717) is 18.8 Å². The van der Waals surface area contributed by atoms with E-state index in [4.69, 9.17) is 5.73 Å². The molecule has 100 valence electrons. The van der Waals surface area contributed by atoms with Crippen LogP contribution in [0, 0.1) is 0 Å². The summed E-state index contributed by atoms with van der Waals surface area (Å²) < 4.78 is 37.5. The molecule has 0 aliphatic heterocycles. The van der Waals surface area contributed by atoms with Gasteiger partial charge in [0.1, 0.15) is 0 Å². The Morgan fingerprint density at radius 1 is 1.33 bits per heavy atom. The molecule has 0 unspecified atom stereocenters. The normalized spacial score (nSPS) is 11.3. The Labute approximate surface area is 102 Å². The van der Waals surface area contributed by atoms with Gasteiger partial charge in [0.05, 0.1) is 11.1 Å². The molecule has 0 saturated heterocycles. The topological polar surface area (TPSA) is 67.2 Å². The molecular weight excluding hydrogens is 247 g/mol. The molecule has 0 radical (unpaired) electrons. The van der Waals surface area contributed by atoms with Gasteiger partial charge in [0.2, 0.25) is 0 Å². The quantitative estimate of drug-likeness (QED) is 0.702. The number of nitrogens with two attached hydrogens (primary N) is 1. The average Bonchev–Trinajstić information content (AvgIpc) is 2.28. The van der Waals surface area contributed by atoms with Crippen molar-refractivity contribution >= 4 is 11.6 Å². The fraction of sp³-hybridized carbons (Fsp3) is 0.364. The zero-order valence-corrected chi connectivity index (χ0v) is 9.77. The maximum absolute atomic E-state index is 12.5. The summed E-state index contributed by atoms with van der Waals surface area (Å²) in [5, 5.41) is 5.71. The van der Waals surface area contributed by atoms with Gasteiger partial charge in [0, 0.05) is 18.8 Å². The van der Waals surface area contributed by atoms with Crippen LogP contribution in [0.15, 0.2) is 18.2 Å². The van der Waals surface area contributed by atoms with E-state index in [1.165, 1.54) is 6.07 Å². The van der Waals surface area contributed by atoms with Gasteiger partial charge < -0.3 is 16.4 Å². The number of primary amides is 1. The van der Waals surface area contributed by atoms with Gasteiger partial charge in [-0.2, -0.15) is 13.2 Å². The Morgan fingerprint density at radius 3 is 2.50 bits per heavy atom. The monoisotopic (exact) mass is 261 g/mol. The number of hydrogen-bond acceptors (Lipinski definition) is 3. The van der Waals surface area contributed by atoms with Crippen molar-refractivity contribution in [3.63, 3.8) is 0 Å². The number of nitrogens with one attached hydrogen (secondary N) is 2. The number of carbonyl (C=O) groups excluding carboxylic acids is 1. The van der Waals surface area contributed by atoms with Crippen molar-refractivity contribution in [3.8, 4) is 0 Å². The van der Waals surface area contributed by atoms with Crippen LogP contribution in [0.5, 0.6) is 0 Å². The molecule has 1 aromatic rings. The summed E-state index contributed by atoms with van der Waals surface area (Å²) in [4.78, 5) is 11.1. The molecule has 4 N–H and O–H groups in total. The van der Waals surface area contributed by atoms with Crippen LogP contribution in [-0.2, 0) is 6.18 Å². The number of amides is 1. The molecule has 0 aliphatic carbocycles. The standard InChI is InChI=1S/C11H14F3N3O/c1-16-4-5-17-9-3-2-7(11(12,13)14)6-8(9)10(15)18/h2-3,6,16-17H,4-5H2,1H3,(H2,15,18). The molecule has 18 heavy (non-hydrogen) atoms. The summed E-state index contributed by atoms with van der Waals surface area (Å²) in [6.07, 6.45) is -4.49. The summed E-state index contributed by atoms with van der Waals surface area (Å²) in [7, 11) is 1.74. The van der Waals surface area contributed by atoms with Gasteiger partial charge in [0.15, 0.2) is 0 Å². The van der Waals surface area contributed by atoms with Gasteiger partial charge in [-0.15, -0.1) is 0 Å². The molecule has 0 aliphatic rings. The Balaban J connectivity index is 3.01. The number of carbonyl (C=O) groups is 1. The number of halogens is 3. The maximum Gasteiger partial charge on any atom is 0.416 e. The first-order valence-corrected chi connectivity index (χ1v) is 5.25. The molecule has 1 aromatic carbocycles. The van der Waals surface area contributed by atoms with Crippen molar-refractivity contribution in [2.75, 3.05) is 25.5 Å². The molecule has 0 atom stereocenters. The second-order valence-corrected chi connectivity index (χ2v) is 3.65. The maximum atomic E-state index is 12.5. The molecule has 0 bridgehead atoms. The van der Waals surface area contributed by atoms with Crippen LogP contribution in [0.3, 0.4) is 0 Å². The predicted molar refractivity (Wildman–Crippen MR) is 62.4 cm³/mol. The first-order chi connectivity index (χ1) is 8.36. The fourth-order valence-electron chi connectivity index (χ4n) is 1.40. The number of alkyl halides is 3. The highest BCUT2D eigenvalue weighted by atomic mass is 19.4. The van der Waals surface area contributed by atoms with Gasteiger partial charge in [-0.25, -0.2) is 0 Å². The van der Waals surface area contributed by atoms with Crippen LogP contribution in [-0.4, -0.2) is 26.0 Å². The molecule has 0 spiro atoms. The van der Waals surface area contributed by atoms with E-state index in [0.717, 1.165) is 12.1 Å². The van der Waals surface area contributed by atoms with Crippen LogP contribution in [0.25, 0.3) is 0 Å². The average molecular weight is 261 g/mol. The van der Waals surface area contributed by atoms with Gasteiger partial charge >= 0.3 is 6.18 Å². The Hall–Kier alpha value is -1.76. The molecule has 0 aromatic heterocycles. The number of likely N-dealkylation sites (N-methyl/N-ethyl adjacent to an activating group) is 1. The number of hydrogen-bond donors (Lipinski definition) is 3. The Kier molecular flexibility index (Phi) is 4.55. The van der Waals surface area contributed by atoms with E-state index >= 15 is 0 Å². The zero-order chi connectivity index (χ0) is 13.8. The van der Waals surface area contributed by atoms with Gasteiger partial charge in [0.25, 0.3) is 5.91 Å². The second-order valence-electron chi connectivity index (χ2n) is 3.65. The largest absolute Gasteiger partial charge is 0.416 e. The number of benzene rings is 1. The van der Waals surface area contributed by atoms with Crippen molar-refractivity contribution in [1.82, 2.24) is 5.32 Å². The third-order valence-electron chi connectivity index (χ3n) is 2.30. The lowest BCUT2D eigenvalue weighted by Crippen LogP contribution is -2.21. The molecule has 0 heterocycles. The van der Waals surface area contributed by atoms with E-state index in [1.807, 2.05) is 0 Å². The van der Waals surface area contributed by atoms with Crippen molar-refractivity contribution in [2.45, 2.75) is 6.18 Å². The minimum atomic E-state index is -4.49. The highest BCUT2D eigenvalue weighted by Crippen LogP contribution is 2.31. The summed E-state index contributed by atoms with van der Waals surface area (Å²) in [5.41, 5.74) is 4.31. The smallest absolute Gasteiger partial charge is 0.383 e. The molecule has 0 saturated carbocycles. The molecule has 1 amide bonds. The van der Waals surface area contributed by atoms with E-state index in [2.05, 4.69) is 10.6 Å². The third kappa shape index (κ3) is 3.63. The lowest BCUT2D eigenvalue weighted by molar-refractivity contribution is -0.137. The first kappa shape index (κ1) is 14.3. The molecule has 7 heteroatoms. The van der Waals surface area contributed by atoms with E-state index in [9.17, 15) is 18.0 Å². The summed E-state index contributed by atoms with van der Waals surface area (Å²) >= 11 is 0. The van der Waals surface area contributed by atoms with Crippen molar-refractivity contribution in [3.05, 3.63) is 29.3 Å². The minimum Gasteiger partial charge on any atom is -0.383 e.